The maximum absolute atomic E-state index is 11.8. The van der Waals surface area contributed by atoms with E-state index in [1.54, 1.807) is 13.2 Å². The van der Waals surface area contributed by atoms with Crippen LogP contribution in [0.4, 0.5) is 0 Å². The molecule has 1 spiro atoms. The fourth-order valence-corrected chi connectivity index (χ4v) is 3.95. The number of allylic oxidation sites excluding steroid dienone is 1. The van der Waals surface area contributed by atoms with Crippen molar-refractivity contribution < 1.29 is 14.3 Å². The average molecular weight is 366 g/mol. The molecule has 1 aromatic carbocycles. The number of rotatable bonds is 1. The van der Waals surface area contributed by atoms with E-state index in [4.69, 9.17) is 9.47 Å². The molecule has 3 aliphatic rings. The van der Waals surface area contributed by atoms with Crippen LogP contribution in [0.1, 0.15) is 24.0 Å². The van der Waals surface area contributed by atoms with Crippen LogP contribution in [0, 0.1) is 0 Å². The van der Waals surface area contributed by atoms with E-state index in [2.05, 4.69) is 24.1 Å². The van der Waals surface area contributed by atoms with Crippen molar-refractivity contribution >= 4 is 22.8 Å². The van der Waals surface area contributed by atoms with Crippen molar-refractivity contribution in [2.45, 2.75) is 30.9 Å². The molecule has 0 saturated carbocycles. The van der Waals surface area contributed by atoms with E-state index in [9.17, 15) is 4.79 Å². The van der Waals surface area contributed by atoms with Gasteiger partial charge in [0.1, 0.15) is 6.10 Å². The number of ketones is 1. The first-order chi connectivity index (χ1) is 10.1. The molecule has 4 rings (SSSR count). The summed E-state index contributed by atoms with van der Waals surface area (Å²) in [6, 6.07) is 4.11. The Morgan fingerprint density at radius 3 is 3.00 bits per heavy atom. The zero-order valence-corrected chi connectivity index (χ0v) is 14.5. The predicted octanol–water partition coefficient (Wildman–Crippen LogP) is 2.64. The van der Waals surface area contributed by atoms with Gasteiger partial charge in [0, 0.05) is 18.5 Å². The van der Waals surface area contributed by atoms with Gasteiger partial charge in [-0.3, -0.25) is 4.79 Å². The molecule has 0 fully saturated rings. The third-order valence-electron chi connectivity index (χ3n) is 5.03. The largest absolute Gasteiger partial charge is 0.493 e. The molecule has 2 unspecified atom stereocenters. The number of hydrogen-bond donors (Lipinski definition) is 0. The van der Waals surface area contributed by atoms with Crippen LogP contribution in [0.2, 0.25) is 0 Å². The molecular weight excluding hydrogens is 346 g/mol. The zero-order valence-electron chi connectivity index (χ0n) is 12.8. The lowest BCUT2D eigenvalue weighted by Gasteiger charge is -2.33. The molecule has 118 valence electrons. The zero-order chi connectivity index (χ0) is 14.6. The standard InChI is InChI=1S/C17H19NO3.BrH/c1-18-8-7-17-6-5-12(19)9-14(17)21-16-13(20-2)4-3-11(10-18)15(16)17;/h3-6,14H,7-10H2,1-2H3;1H. The summed E-state index contributed by atoms with van der Waals surface area (Å²) in [4.78, 5) is 14.1. The van der Waals surface area contributed by atoms with Crippen molar-refractivity contribution in [3.05, 3.63) is 35.4 Å². The van der Waals surface area contributed by atoms with Crippen LogP contribution in [0.3, 0.4) is 0 Å². The highest BCUT2D eigenvalue weighted by Gasteiger charge is 2.52. The van der Waals surface area contributed by atoms with Crippen LogP contribution < -0.4 is 9.47 Å². The van der Waals surface area contributed by atoms with Crippen molar-refractivity contribution in [3.8, 4) is 11.5 Å². The average Bonchev–Trinajstić information content (AvgIpc) is 2.72. The Labute approximate surface area is 140 Å². The molecule has 0 amide bonds. The SMILES string of the molecule is Br.COc1ccc2c3c1OC1CC(=O)C=CC31CCN(C)C2. The van der Waals surface area contributed by atoms with Crippen molar-refractivity contribution in [2.75, 3.05) is 20.7 Å². The van der Waals surface area contributed by atoms with Crippen LogP contribution in [0.5, 0.6) is 11.5 Å². The van der Waals surface area contributed by atoms with E-state index in [1.165, 1.54) is 11.1 Å². The summed E-state index contributed by atoms with van der Waals surface area (Å²) in [6.07, 6.45) is 5.16. The molecule has 4 nitrogen and oxygen atoms in total. The number of nitrogens with zero attached hydrogens (tertiary/aromatic N) is 1. The fourth-order valence-electron chi connectivity index (χ4n) is 3.95. The second-order valence-corrected chi connectivity index (χ2v) is 6.27. The molecule has 1 aromatic rings. The Morgan fingerprint density at radius 1 is 1.41 bits per heavy atom. The van der Waals surface area contributed by atoms with E-state index >= 15 is 0 Å². The topological polar surface area (TPSA) is 38.8 Å². The van der Waals surface area contributed by atoms with Gasteiger partial charge in [-0.1, -0.05) is 12.1 Å². The predicted molar refractivity (Wildman–Crippen MR) is 89.1 cm³/mol. The van der Waals surface area contributed by atoms with Gasteiger partial charge >= 0.3 is 0 Å². The monoisotopic (exact) mass is 365 g/mol. The minimum atomic E-state index is -0.169. The smallest absolute Gasteiger partial charge is 0.166 e. The number of benzene rings is 1. The minimum Gasteiger partial charge on any atom is -0.493 e. The second-order valence-electron chi connectivity index (χ2n) is 6.27. The van der Waals surface area contributed by atoms with Gasteiger partial charge in [0.2, 0.25) is 0 Å². The van der Waals surface area contributed by atoms with Gasteiger partial charge in [-0.25, -0.2) is 0 Å². The Morgan fingerprint density at radius 2 is 2.23 bits per heavy atom. The maximum Gasteiger partial charge on any atom is 0.166 e. The highest BCUT2D eigenvalue weighted by Crippen LogP contribution is 2.55. The molecule has 0 radical (unpaired) electrons. The molecule has 0 aromatic heterocycles. The van der Waals surface area contributed by atoms with Crippen molar-refractivity contribution in [1.82, 2.24) is 4.90 Å². The van der Waals surface area contributed by atoms with Crippen molar-refractivity contribution in [2.24, 2.45) is 0 Å². The number of carbonyl (C=O) groups excluding carboxylic acids is 1. The molecule has 2 heterocycles. The van der Waals surface area contributed by atoms with Crippen molar-refractivity contribution in [3.63, 3.8) is 0 Å². The summed E-state index contributed by atoms with van der Waals surface area (Å²) in [5.41, 5.74) is 2.35. The number of methoxy groups -OCH3 is 1. The van der Waals surface area contributed by atoms with Crippen molar-refractivity contribution in [1.29, 1.82) is 0 Å². The molecular formula is C17H20BrNO3. The van der Waals surface area contributed by atoms with Crippen LogP contribution in [-0.2, 0) is 16.8 Å². The van der Waals surface area contributed by atoms with E-state index < -0.39 is 0 Å². The van der Waals surface area contributed by atoms with Gasteiger partial charge in [-0.05, 0) is 37.7 Å². The van der Waals surface area contributed by atoms with Crippen LogP contribution >= 0.6 is 17.0 Å². The lowest BCUT2D eigenvalue weighted by atomic mass is 9.69. The van der Waals surface area contributed by atoms with Gasteiger partial charge < -0.3 is 14.4 Å². The molecule has 2 atom stereocenters. The number of carbonyl (C=O) groups is 1. The number of ether oxygens (including phenoxy) is 2. The third-order valence-corrected chi connectivity index (χ3v) is 5.03. The molecule has 22 heavy (non-hydrogen) atoms. The van der Waals surface area contributed by atoms with Gasteiger partial charge in [0.05, 0.1) is 12.5 Å². The normalized spacial score (nSPS) is 29.0. The van der Waals surface area contributed by atoms with Gasteiger partial charge in [0.15, 0.2) is 17.3 Å². The van der Waals surface area contributed by atoms with E-state index in [0.29, 0.717) is 6.42 Å². The summed E-state index contributed by atoms with van der Waals surface area (Å²) in [7, 11) is 3.81. The molecule has 1 aliphatic carbocycles. The molecule has 0 bridgehead atoms. The molecule has 0 N–H and O–H groups in total. The lowest BCUT2D eigenvalue weighted by molar-refractivity contribution is -0.117. The van der Waals surface area contributed by atoms with Crippen LogP contribution in [0.25, 0.3) is 0 Å². The summed E-state index contributed by atoms with van der Waals surface area (Å²) >= 11 is 0. The minimum absolute atomic E-state index is 0. The Balaban J connectivity index is 0.00000144. The third kappa shape index (κ3) is 2.02. The summed E-state index contributed by atoms with van der Waals surface area (Å²) in [5, 5.41) is 0. The first kappa shape index (κ1) is 15.6. The van der Waals surface area contributed by atoms with Crippen LogP contribution in [0.15, 0.2) is 24.3 Å². The Kier molecular flexibility index (Phi) is 3.81. The van der Waals surface area contributed by atoms with E-state index in [-0.39, 0.29) is 34.3 Å². The summed E-state index contributed by atoms with van der Waals surface area (Å²) < 4.78 is 11.7. The maximum atomic E-state index is 11.8. The Hall–Kier alpha value is -1.33. The van der Waals surface area contributed by atoms with Gasteiger partial charge in [-0.15, -0.1) is 17.0 Å². The second kappa shape index (κ2) is 5.39. The molecule has 2 aliphatic heterocycles. The quantitative estimate of drug-likeness (QED) is 0.766. The van der Waals surface area contributed by atoms with E-state index in [0.717, 1.165) is 31.0 Å². The molecule has 0 saturated heterocycles. The number of hydrogen-bond acceptors (Lipinski definition) is 4. The lowest BCUT2D eigenvalue weighted by Crippen LogP contribution is -2.41. The summed E-state index contributed by atoms with van der Waals surface area (Å²) in [6.45, 7) is 1.90. The Bertz CT molecular complexity index is 658. The highest BCUT2D eigenvalue weighted by molar-refractivity contribution is 8.93. The first-order valence-electron chi connectivity index (χ1n) is 7.41. The summed E-state index contributed by atoms with van der Waals surface area (Å²) in [5.74, 6) is 1.76. The van der Waals surface area contributed by atoms with Gasteiger partial charge in [-0.2, -0.15) is 0 Å². The number of halogens is 1. The van der Waals surface area contributed by atoms with E-state index in [1.807, 2.05) is 6.07 Å². The van der Waals surface area contributed by atoms with Crippen LogP contribution in [-0.4, -0.2) is 37.5 Å². The fraction of sp³-hybridized carbons (Fsp3) is 0.471. The van der Waals surface area contributed by atoms with Gasteiger partial charge in [0.25, 0.3) is 0 Å². The highest BCUT2D eigenvalue weighted by atomic mass is 79.9. The first-order valence-corrected chi connectivity index (χ1v) is 7.41. The molecule has 5 heteroatoms.